The molecule has 0 saturated heterocycles. The summed E-state index contributed by atoms with van der Waals surface area (Å²) in [6.07, 6.45) is 0.591. The van der Waals surface area contributed by atoms with Crippen molar-refractivity contribution in [2.45, 2.75) is 25.9 Å². The van der Waals surface area contributed by atoms with Crippen LogP contribution in [-0.2, 0) is 11.3 Å². The molecule has 7 heteroatoms. The van der Waals surface area contributed by atoms with Crippen molar-refractivity contribution < 1.29 is 4.79 Å². The first-order valence-corrected chi connectivity index (χ1v) is 10.2. The van der Waals surface area contributed by atoms with Crippen LogP contribution in [0.1, 0.15) is 18.9 Å². The van der Waals surface area contributed by atoms with Gasteiger partial charge in [-0.15, -0.1) is 10.2 Å². The lowest BCUT2D eigenvalue weighted by molar-refractivity contribution is -0.120. The Kier molecular flexibility index (Phi) is 6.14. The molecule has 7 nitrogen and oxygen atoms in total. The highest BCUT2D eigenvalue weighted by Crippen LogP contribution is 2.30. The number of hydrogen-bond acceptors (Lipinski definition) is 5. The molecule has 0 spiro atoms. The third-order valence-corrected chi connectivity index (χ3v) is 5.21. The van der Waals surface area contributed by atoms with Crippen LogP contribution in [0.2, 0.25) is 0 Å². The number of H-pyrrole nitrogens is 1. The molecule has 3 N–H and O–H groups in total. The number of rotatable bonds is 7. The third-order valence-electron chi connectivity index (χ3n) is 5.21. The maximum absolute atomic E-state index is 12.9. The highest BCUT2D eigenvalue weighted by atomic mass is 16.2. The zero-order chi connectivity index (χ0) is 21.6. The number of carbonyl (C=O) groups excluding carboxylic acids is 1. The molecular formula is C24H24N6O. The van der Waals surface area contributed by atoms with Crippen LogP contribution in [-0.4, -0.2) is 32.6 Å². The van der Waals surface area contributed by atoms with E-state index in [1.54, 1.807) is 4.90 Å². The fraction of sp³-hybridized carbons (Fsp3) is 0.167. The van der Waals surface area contributed by atoms with E-state index in [2.05, 4.69) is 20.6 Å². The summed E-state index contributed by atoms with van der Waals surface area (Å²) >= 11 is 0. The highest BCUT2D eigenvalue weighted by molar-refractivity contribution is 5.97. The van der Waals surface area contributed by atoms with E-state index in [4.69, 9.17) is 5.73 Å². The zero-order valence-electron chi connectivity index (χ0n) is 17.3. The first-order valence-electron chi connectivity index (χ1n) is 10.2. The van der Waals surface area contributed by atoms with Gasteiger partial charge in [0.25, 0.3) is 0 Å². The van der Waals surface area contributed by atoms with Crippen LogP contribution in [0.25, 0.3) is 22.5 Å². The Balaban J connectivity index is 1.61. The van der Waals surface area contributed by atoms with Crippen molar-refractivity contribution in [3.8, 4) is 22.5 Å². The summed E-state index contributed by atoms with van der Waals surface area (Å²) in [5.74, 6) is 0.467. The standard InChI is InChI=1S/C24H24N6O/c1-2-22(25)24(31)30(19-8-4-3-5-9-19)16-17-12-14-18(15-13-17)20-10-6-7-11-21(20)23-26-28-29-27-23/h3-15,22H,2,16,25H2,1H3,(H,26,27,28,29)/t22-/m1/s1. The van der Waals surface area contributed by atoms with E-state index in [-0.39, 0.29) is 5.91 Å². The Morgan fingerprint density at radius 3 is 2.29 bits per heavy atom. The van der Waals surface area contributed by atoms with E-state index in [1.165, 1.54) is 0 Å². The molecule has 156 valence electrons. The van der Waals surface area contributed by atoms with Crippen LogP contribution in [0, 0.1) is 0 Å². The number of nitrogens with zero attached hydrogens (tertiary/aromatic N) is 4. The Morgan fingerprint density at radius 2 is 1.65 bits per heavy atom. The average molecular weight is 412 g/mol. The molecule has 0 radical (unpaired) electrons. The first-order chi connectivity index (χ1) is 15.2. The maximum Gasteiger partial charge on any atom is 0.244 e. The molecular weight excluding hydrogens is 388 g/mol. The SMILES string of the molecule is CC[C@@H](N)C(=O)N(Cc1ccc(-c2ccccc2-c2nn[nH]n2)cc1)c1ccccc1. The number of benzene rings is 3. The fourth-order valence-electron chi connectivity index (χ4n) is 3.46. The molecule has 1 amide bonds. The van der Waals surface area contributed by atoms with Gasteiger partial charge in [0.05, 0.1) is 12.6 Å². The summed E-state index contributed by atoms with van der Waals surface area (Å²) in [7, 11) is 0. The number of aromatic nitrogens is 4. The summed E-state index contributed by atoms with van der Waals surface area (Å²) in [6.45, 7) is 2.37. The number of nitrogens with two attached hydrogens (primary N) is 1. The van der Waals surface area contributed by atoms with Crippen molar-refractivity contribution in [1.82, 2.24) is 20.6 Å². The summed E-state index contributed by atoms with van der Waals surface area (Å²) in [4.78, 5) is 14.7. The fourth-order valence-corrected chi connectivity index (χ4v) is 3.46. The predicted octanol–water partition coefficient (Wildman–Crippen LogP) is 3.80. The number of hydrogen-bond donors (Lipinski definition) is 2. The first kappa shape index (κ1) is 20.4. The minimum absolute atomic E-state index is 0.0831. The Bertz CT molecular complexity index is 1130. The molecule has 31 heavy (non-hydrogen) atoms. The molecule has 0 saturated carbocycles. The molecule has 0 aliphatic heterocycles. The second-order valence-electron chi connectivity index (χ2n) is 7.25. The Labute approximate surface area is 180 Å². The van der Waals surface area contributed by atoms with E-state index < -0.39 is 6.04 Å². The number of anilines is 1. The van der Waals surface area contributed by atoms with Crippen molar-refractivity contribution >= 4 is 11.6 Å². The molecule has 0 bridgehead atoms. The number of carbonyl (C=O) groups is 1. The zero-order valence-corrected chi connectivity index (χ0v) is 17.3. The van der Waals surface area contributed by atoms with Gasteiger partial charge in [-0.05, 0) is 40.5 Å². The Hall–Kier alpha value is -3.84. The van der Waals surface area contributed by atoms with E-state index in [1.807, 2.05) is 85.8 Å². The van der Waals surface area contributed by atoms with Crippen molar-refractivity contribution in [2.24, 2.45) is 5.73 Å². The van der Waals surface area contributed by atoms with Crippen molar-refractivity contribution in [3.05, 3.63) is 84.4 Å². The van der Waals surface area contributed by atoms with Crippen LogP contribution in [0.5, 0.6) is 0 Å². The molecule has 1 atom stereocenters. The van der Waals surface area contributed by atoms with Crippen LogP contribution in [0.15, 0.2) is 78.9 Å². The normalized spacial score (nSPS) is 11.8. The largest absolute Gasteiger partial charge is 0.320 e. The van der Waals surface area contributed by atoms with Crippen molar-refractivity contribution in [3.63, 3.8) is 0 Å². The molecule has 0 unspecified atom stereocenters. The van der Waals surface area contributed by atoms with Gasteiger partial charge >= 0.3 is 0 Å². The van der Waals surface area contributed by atoms with Crippen molar-refractivity contribution in [2.75, 3.05) is 4.90 Å². The molecule has 0 aliphatic carbocycles. The van der Waals surface area contributed by atoms with E-state index in [9.17, 15) is 4.79 Å². The smallest absolute Gasteiger partial charge is 0.244 e. The predicted molar refractivity (Wildman–Crippen MR) is 121 cm³/mol. The van der Waals surface area contributed by atoms with Crippen LogP contribution >= 0.6 is 0 Å². The second kappa shape index (κ2) is 9.32. The minimum atomic E-state index is -0.527. The minimum Gasteiger partial charge on any atom is -0.320 e. The Morgan fingerprint density at radius 1 is 0.968 bits per heavy atom. The van der Waals surface area contributed by atoms with Gasteiger partial charge in [0, 0.05) is 11.3 Å². The molecule has 3 aromatic carbocycles. The molecule has 0 fully saturated rings. The topological polar surface area (TPSA) is 101 Å². The number of para-hydroxylation sites is 1. The van der Waals surface area contributed by atoms with Gasteiger partial charge in [-0.25, -0.2) is 0 Å². The lowest BCUT2D eigenvalue weighted by Gasteiger charge is -2.25. The van der Waals surface area contributed by atoms with Gasteiger partial charge in [0.15, 0.2) is 0 Å². The molecule has 1 aromatic heterocycles. The lowest BCUT2D eigenvalue weighted by atomic mass is 9.98. The molecule has 4 aromatic rings. The van der Waals surface area contributed by atoms with Crippen LogP contribution in [0.4, 0.5) is 5.69 Å². The average Bonchev–Trinajstić information content (AvgIpc) is 3.37. The number of amides is 1. The van der Waals surface area contributed by atoms with Gasteiger partial charge < -0.3 is 10.6 Å². The number of aromatic amines is 1. The summed E-state index contributed by atoms with van der Waals surface area (Å²) < 4.78 is 0. The van der Waals surface area contributed by atoms with Gasteiger partial charge in [0.1, 0.15) is 0 Å². The maximum atomic E-state index is 12.9. The number of nitrogens with one attached hydrogen (secondary N) is 1. The summed E-state index contributed by atoms with van der Waals surface area (Å²) in [5.41, 5.74) is 10.9. The van der Waals surface area contributed by atoms with E-state index in [0.717, 1.165) is 27.9 Å². The summed E-state index contributed by atoms with van der Waals surface area (Å²) in [5, 5.41) is 14.4. The second-order valence-corrected chi connectivity index (χ2v) is 7.25. The quantitative estimate of drug-likeness (QED) is 0.481. The van der Waals surface area contributed by atoms with Gasteiger partial charge in [0.2, 0.25) is 11.7 Å². The molecule has 0 aliphatic rings. The third kappa shape index (κ3) is 4.51. The molecule has 4 rings (SSSR count). The van der Waals surface area contributed by atoms with Crippen LogP contribution in [0.3, 0.4) is 0 Å². The van der Waals surface area contributed by atoms with Crippen LogP contribution < -0.4 is 10.6 Å². The summed E-state index contributed by atoms with van der Waals surface area (Å²) in [6, 6.07) is 25.2. The monoisotopic (exact) mass is 412 g/mol. The molecule has 1 heterocycles. The highest BCUT2D eigenvalue weighted by Gasteiger charge is 2.21. The van der Waals surface area contributed by atoms with Gasteiger partial charge in [-0.2, -0.15) is 5.21 Å². The van der Waals surface area contributed by atoms with Crippen molar-refractivity contribution in [1.29, 1.82) is 0 Å². The van der Waals surface area contributed by atoms with E-state index >= 15 is 0 Å². The van der Waals surface area contributed by atoms with E-state index in [0.29, 0.717) is 18.8 Å². The number of tetrazole rings is 1. The lowest BCUT2D eigenvalue weighted by Crippen LogP contribution is -2.43. The van der Waals surface area contributed by atoms with Gasteiger partial charge in [-0.1, -0.05) is 73.7 Å². The van der Waals surface area contributed by atoms with Gasteiger partial charge in [-0.3, -0.25) is 4.79 Å².